The Morgan fingerprint density at radius 3 is 2.75 bits per heavy atom. The number of ether oxygens (including phenoxy) is 1. The van der Waals surface area contributed by atoms with E-state index < -0.39 is 17.7 Å². The van der Waals surface area contributed by atoms with Crippen LogP contribution >= 0.6 is 11.8 Å². The molecule has 0 unspecified atom stereocenters. The van der Waals surface area contributed by atoms with Crippen LogP contribution in [0.2, 0.25) is 0 Å². The van der Waals surface area contributed by atoms with Crippen LogP contribution in [-0.2, 0) is 10.5 Å². The van der Waals surface area contributed by atoms with Gasteiger partial charge in [-0.2, -0.15) is 0 Å². The maximum absolute atomic E-state index is 13.6. The molecule has 6 nitrogen and oxygen atoms in total. The fourth-order valence-corrected chi connectivity index (χ4v) is 2.51. The van der Waals surface area contributed by atoms with Gasteiger partial charge in [0.05, 0.1) is 0 Å². The number of hydrogen-bond acceptors (Lipinski definition) is 6. The number of carbonyl (C=O) groups is 1. The molecule has 0 bridgehead atoms. The lowest BCUT2D eigenvalue weighted by molar-refractivity contribution is 0.0500. The van der Waals surface area contributed by atoms with Crippen molar-refractivity contribution in [3.05, 3.63) is 41.5 Å². The summed E-state index contributed by atoms with van der Waals surface area (Å²) in [4.78, 5) is 11.7. The number of nitrogens with zero attached hydrogens (tertiary/aromatic N) is 2. The lowest BCUT2D eigenvalue weighted by atomic mass is 10.2. The van der Waals surface area contributed by atoms with Crippen LogP contribution in [0.3, 0.4) is 0 Å². The van der Waals surface area contributed by atoms with Crippen LogP contribution in [0.5, 0.6) is 0 Å². The van der Waals surface area contributed by atoms with Crippen LogP contribution in [0.15, 0.2) is 33.9 Å². The summed E-state index contributed by atoms with van der Waals surface area (Å²) in [5, 5.41) is 10.7. The van der Waals surface area contributed by atoms with E-state index in [9.17, 15) is 9.18 Å². The third-order valence-corrected chi connectivity index (χ3v) is 3.70. The van der Waals surface area contributed by atoms with Crippen molar-refractivity contribution in [2.24, 2.45) is 0 Å². The Morgan fingerprint density at radius 1 is 1.38 bits per heavy atom. The molecule has 1 atom stereocenters. The number of thioether (sulfide) groups is 1. The van der Waals surface area contributed by atoms with Crippen LogP contribution in [0, 0.1) is 5.82 Å². The van der Waals surface area contributed by atoms with E-state index in [-0.39, 0.29) is 11.7 Å². The van der Waals surface area contributed by atoms with Gasteiger partial charge in [-0.1, -0.05) is 30.0 Å². The van der Waals surface area contributed by atoms with Gasteiger partial charge >= 0.3 is 6.09 Å². The minimum atomic E-state index is -0.584. The largest absolute Gasteiger partial charge is 0.444 e. The standard InChI is InChI=1S/C16H20FN3O3S/c1-10(18-14(21)23-16(2,3)4)13-19-20-15(22-13)24-9-11-7-5-6-8-12(11)17/h5-8,10H,9H2,1-4H3,(H,18,21)/t10-/m1/s1. The fourth-order valence-electron chi connectivity index (χ4n) is 1.75. The van der Waals surface area contributed by atoms with E-state index >= 15 is 0 Å². The molecule has 0 saturated carbocycles. The molecule has 1 heterocycles. The third-order valence-electron chi connectivity index (χ3n) is 2.83. The lowest BCUT2D eigenvalue weighted by Crippen LogP contribution is -2.34. The first-order valence-electron chi connectivity index (χ1n) is 7.44. The van der Waals surface area contributed by atoms with E-state index in [1.807, 2.05) is 0 Å². The zero-order valence-electron chi connectivity index (χ0n) is 14.0. The Labute approximate surface area is 144 Å². The smallest absolute Gasteiger partial charge is 0.408 e. The molecule has 0 aliphatic heterocycles. The number of rotatable bonds is 5. The second kappa shape index (κ2) is 7.65. The molecule has 2 aromatic rings. The molecule has 0 radical (unpaired) electrons. The molecular weight excluding hydrogens is 333 g/mol. The van der Waals surface area contributed by atoms with Crippen molar-refractivity contribution in [1.82, 2.24) is 15.5 Å². The van der Waals surface area contributed by atoms with Gasteiger partial charge in [-0.05, 0) is 39.3 Å². The first-order chi connectivity index (χ1) is 11.2. The second-order valence-corrected chi connectivity index (χ2v) is 7.08. The predicted octanol–water partition coefficient (Wildman–Crippen LogP) is 4.09. The maximum atomic E-state index is 13.6. The van der Waals surface area contributed by atoms with Gasteiger partial charge in [-0.3, -0.25) is 0 Å². The minimum absolute atomic E-state index is 0.261. The number of aromatic nitrogens is 2. The fraction of sp³-hybridized carbons (Fsp3) is 0.438. The zero-order valence-corrected chi connectivity index (χ0v) is 14.8. The minimum Gasteiger partial charge on any atom is -0.444 e. The lowest BCUT2D eigenvalue weighted by Gasteiger charge is -2.20. The van der Waals surface area contributed by atoms with E-state index in [4.69, 9.17) is 9.15 Å². The first kappa shape index (κ1) is 18.3. The summed E-state index contributed by atoms with van der Waals surface area (Å²) in [6.45, 7) is 7.05. The number of carbonyl (C=O) groups excluding carboxylic acids is 1. The SMILES string of the molecule is C[C@@H](NC(=O)OC(C)(C)C)c1nnc(SCc2ccccc2F)o1. The molecule has 0 saturated heterocycles. The second-order valence-electron chi connectivity index (χ2n) is 6.15. The summed E-state index contributed by atoms with van der Waals surface area (Å²) < 4.78 is 24.2. The average molecular weight is 353 g/mol. The van der Waals surface area contributed by atoms with Gasteiger partial charge in [-0.15, -0.1) is 10.2 Å². The summed E-state index contributed by atoms with van der Waals surface area (Å²) in [5.74, 6) is 0.365. The van der Waals surface area contributed by atoms with Crippen molar-refractivity contribution >= 4 is 17.9 Å². The Balaban J connectivity index is 1.90. The molecule has 24 heavy (non-hydrogen) atoms. The van der Waals surface area contributed by atoms with Gasteiger partial charge in [0, 0.05) is 5.75 Å². The van der Waals surface area contributed by atoms with Gasteiger partial charge in [0.25, 0.3) is 5.22 Å². The molecule has 0 aliphatic rings. The Hall–Kier alpha value is -2.09. The Morgan fingerprint density at radius 2 is 2.08 bits per heavy atom. The van der Waals surface area contributed by atoms with Crippen molar-refractivity contribution in [2.75, 3.05) is 0 Å². The van der Waals surface area contributed by atoms with Crippen molar-refractivity contribution in [2.45, 2.75) is 50.3 Å². The number of hydrogen-bond donors (Lipinski definition) is 1. The van der Waals surface area contributed by atoms with Crippen molar-refractivity contribution in [1.29, 1.82) is 0 Å². The highest BCUT2D eigenvalue weighted by Crippen LogP contribution is 2.24. The topological polar surface area (TPSA) is 77.2 Å². The number of nitrogens with one attached hydrogen (secondary N) is 1. The van der Waals surface area contributed by atoms with Crippen molar-refractivity contribution < 1.29 is 18.3 Å². The average Bonchev–Trinajstić information content (AvgIpc) is 2.93. The summed E-state index contributed by atoms with van der Waals surface area (Å²) in [5.41, 5.74) is -0.0263. The molecule has 130 valence electrons. The van der Waals surface area contributed by atoms with Crippen LogP contribution in [0.25, 0.3) is 0 Å². The third kappa shape index (κ3) is 5.52. The molecule has 1 N–H and O–H groups in total. The molecular formula is C16H20FN3O3S. The maximum Gasteiger partial charge on any atom is 0.408 e. The highest BCUT2D eigenvalue weighted by molar-refractivity contribution is 7.98. The van der Waals surface area contributed by atoms with Crippen molar-refractivity contribution in [3.63, 3.8) is 0 Å². The highest BCUT2D eigenvalue weighted by Gasteiger charge is 2.21. The van der Waals surface area contributed by atoms with Gasteiger partial charge in [0.2, 0.25) is 5.89 Å². The zero-order chi connectivity index (χ0) is 17.7. The first-order valence-corrected chi connectivity index (χ1v) is 8.42. The molecule has 1 aromatic carbocycles. The quantitative estimate of drug-likeness (QED) is 0.816. The molecule has 0 fully saturated rings. The summed E-state index contributed by atoms with van der Waals surface area (Å²) in [6.07, 6.45) is -0.561. The monoisotopic (exact) mass is 353 g/mol. The van der Waals surface area contributed by atoms with E-state index in [1.54, 1.807) is 45.9 Å². The van der Waals surface area contributed by atoms with E-state index in [0.717, 1.165) is 0 Å². The molecule has 8 heteroatoms. The van der Waals surface area contributed by atoms with Crippen LogP contribution in [0.4, 0.5) is 9.18 Å². The number of alkyl carbamates (subject to hydrolysis) is 1. The van der Waals surface area contributed by atoms with Gasteiger partial charge in [0.15, 0.2) is 0 Å². The van der Waals surface area contributed by atoms with Crippen LogP contribution in [-0.4, -0.2) is 21.9 Å². The molecule has 0 spiro atoms. The molecule has 1 aromatic heterocycles. The van der Waals surface area contributed by atoms with Gasteiger partial charge in [0.1, 0.15) is 17.5 Å². The number of benzene rings is 1. The Kier molecular flexibility index (Phi) is 5.82. The summed E-state index contributed by atoms with van der Waals surface area (Å²) >= 11 is 1.23. The number of amides is 1. The van der Waals surface area contributed by atoms with Gasteiger partial charge in [-0.25, -0.2) is 9.18 Å². The van der Waals surface area contributed by atoms with E-state index in [2.05, 4.69) is 15.5 Å². The highest BCUT2D eigenvalue weighted by atomic mass is 32.2. The van der Waals surface area contributed by atoms with Crippen molar-refractivity contribution in [3.8, 4) is 0 Å². The number of halogens is 1. The molecule has 0 aliphatic carbocycles. The normalized spacial score (nSPS) is 12.7. The van der Waals surface area contributed by atoms with E-state index in [1.165, 1.54) is 17.8 Å². The molecule has 2 rings (SSSR count). The molecule has 1 amide bonds. The van der Waals surface area contributed by atoms with E-state index in [0.29, 0.717) is 16.5 Å². The van der Waals surface area contributed by atoms with Gasteiger partial charge < -0.3 is 14.5 Å². The summed E-state index contributed by atoms with van der Waals surface area (Å²) in [6, 6.07) is 6.02. The Bertz CT molecular complexity index is 700. The predicted molar refractivity (Wildman–Crippen MR) is 88.0 cm³/mol. The van der Waals surface area contributed by atoms with Crippen LogP contribution < -0.4 is 5.32 Å². The summed E-state index contributed by atoms with van der Waals surface area (Å²) in [7, 11) is 0. The van der Waals surface area contributed by atoms with Crippen LogP contribution in [0.1, 0.15) is 45.2 Å².